The summed E-state index contributed by atoms with van der Waals surface area (Å²) < 4.78 is 2.05. The Morgan fingerprint density at radius 3 is 2.28 bits per heavy atom. The third-order valence-corrected chi connectivity index (χ3v) is 8.93. The van der Waals surface area contributed by atoms with E-state index in [1.54, 1.807) is 0 Å². The van der Waals surface area contributed by atoms with E-state index in [-0.39, 0.29) is 12.4 Å². The highest BCUT2D eigenvalue weighted by Gasteiger charge is 2.27. The van der Waals surface area contributed by atoms with Crippen LogP contribution in [0.5, 0.6) is 0 Å². The molecule has 0 saturated heterocycles. The molecule has 1 aliphatic carbocycles. The zero-order chi connectivity index (χ0) is 29.2. The molecule has 2 heterocycles. The summed E-state index contributed by atoms with van der Waals surface area (Å²) in [7, 11) is 2.03. The molecule has 1 N–H and O–H groups in total. The number of aryl methyl sites for hydroxylation is 1. The zero-order valence-electron chi connectivity index (χ0n) is 23.8. The van der Waals surface area contributed by atoms with Gasteiger partial charge in [-0.2, -0.15) is 0 Å². The van der Waals surface area contributed by atoms with Gasteiger partial charge in [-0.15, -0.1) is 22.6 Å². The minimum absolute atomic E-state index is 0. The Hall–Kier alpha value is -3.19. The van der Waals surface area contributed by atoms with Crippen LogP contribution in [0.15, 0.2) is 96.0 Å². The molecule has 0 fully saturated rings. The van der Waals surface area contributed by atoms with Crippen LogP contribution in [0.3, 0.4) is 0 Å². The SMILES string of the molecule is CN[C@H]1CC[C@@H](c2ccc(Cl)c(Cl)c2)c2ccccc21.Cc1nnc2n1-c1ccc(Cl)cc1C(c1ccccc1)=NC2.Cl. The average molecular weight is 651 g/mol. The van der Waals surface area contributed by atoms with Gasteiger partial charge in [0.1, 0.15) is 12.4 Å². The second-order valence-electron chi connectivity index (χ2n) is 10.5. The summed E-state index contributed by atoms with van der Waals surface area (Å²) >= 11 is 18.4. The Labute approximate surface area is 273 Å². The number of aliphatic imine (C=N–C) groups is 1. The molecule has 5 nitrogen and oxygen atoms in total. The van der Waals surface area contributed by atoms with Gasteiger partial charge in [0.05, 0.1) is 21.4 Å². The van der Waals surface area contributed by atoms with Gasteiger partial charge >= 0.3 is 0 Å². The third kappa shape index (κ3) is 6.38. The molecule has 2 atom stereocenters. The molecule has 0 radical (unpaired) electrons. The molecule has 220 valence electrons. The molecule has 9 heteroatoms. The van der Waals surface area contributed by atoms with Crippen molar-refractivity contribution in [2.75, 3.05) is 7.05 Å². The number of hydrogen-bond acceptors (Lipinski definition) is 4. The highest BCUT2D eigenvalue weighted by Crippen LogP contribution is 2.42. The molecule has 0 saturated carbocycles. The molecule has 5 aromatic rings. The quantitative estimate of drug-likeness (QED) is 0.212. The average Bonchev–Trinajstić information content (AvgIpc) is 3.30. The number of nitrogens with one attached hydrogen (secondary N) is 1. The van der Waals surface area contributed by atoms with Crippen LogP contribution in [-0.4, -0.2) is 27.5 Å². The van der Waals surface area contributed by atoms with Crippen molar-refractivity contribution >= 4 is 52.9 Å². The lowest BCUT2D eigenvalue weighted by Crippen LogP contribution is -2.24. The minimum atomic E-state index is 0. The second kappa shape index (κ2) is 13.6. The second-order valence-corrected chi connectivity index (χ2v) is 11.7. The number of hydrogen-bond donors (Lipinski definition) is 1. The molecule has 0 amide bonds. The molecule has 1 aliphatic heterocycles. The van der Waals surface area contributed by atoms with E-state index >= 15 is 0 Å². The van der Waals surface area contributed by atoms with Crippen molar-refractivity contribution < 1.29 is 0 Å². The van der Waals surface area contributed by atoms with Gasteiger partial charge in [0.15, 0.2) is 5.82 Å². The molecule has 2 aliphatic rings. The molecule has 0 bridgehead atoms. The fourth-order valence-electron chi connectivity index (χ4n) is 5.96. The molecule has 7 rings (SSSR count). The maximum Gasteiger partial charge on any atom is 0.159 e. The van der Waals surface area contributed by atoms with Gasteiger partial charge in [0.2, 0.25) is 0 Å². The zero-order valence-corrected chi connectivity index (χ0v) is 26.9. The van der Waals surface area contributed by atoms with Gasteiger partial charge in [0, 0.05) is 28.1 Å². The van der Waals surface area contributed by atoms with Gasteiger partial charge in [0.25, 0.3) is 0 Å². The van der Waals surface area contributed by atoms with Gasteiger partial charge in [-0.1, -0.05) is 95.5 Å². The van der Waals surface area contributed by atoms with E-state index in [9.17, 15) is 0 Å². The number of nitrogens with zero attached hydrogens (tertiary/aromatic N) is 4. The van der Waals surface area contributed by atoms with Crippen LogP contribution in [-0.2, 0) is 6.54 Å². The smallest absolute Gasteiger partial charge is 0.159 e. The van der Waals surface area contributed by atoms with Crippen molar-refractivity contribution in [2.45, 2.75) is 38.3 Å². The molecular weight excluding hydrogens is 620 g/mol. The van der Waals surface area contributed by atoms with Gasteiger partial charge in [-0.3, -0.25) is 9.56 Å². The summed E-state index contributed by atoms with van der Waals surface area (Å²) in [6.07, 6.45) is 2.26. The third-order valence-electron chi connectivity index (χ3n) is 7.96. The van der Waals surface area contributed by atoms with E-state index < -0.39 is 0 Å². The van der Waals surface area contributed by atoms with Crippen LogP contribution < -0.4 is 5.32 Å². The fourth-order valence-corrected chi connectivity index (χ4v) is 6.44. The number of fused-ring (bicyclic) bond motifs is 4. The van der Waals surface area contributed by atoms with Crippen molar-refractivity contribution in [3.8, 4) is 5.69 Å². The Bertz CT molecular complexity index is 1770. The highest BCUT2D eigenvalue weighted by atomic mass is 35.5. The van der Waals surface area contributed by atoms with Crippen molar-refractivity contribution in [2.24, 2.45) is 4.99 Å². The number of halogens is 4. The maximum atomic E-state index is 6.23. The number of aromatic nitrogens is 3. The van der Waals surface area contributed by atoms with Crippen LogP contribution in [0.25, 0.3) is 5.69 Å². The lowest BCUT2D eigenvalue weighted by Gasteiger charge is -2.32. The van der Waals surface area contributed by atoms with E-state index in [1.807, 2.05) is 67.1 Å². The molecule has 43 heavy (non-hydrogen) atoms. The summed E-state index contributed by atoms with van der Waals surface area (Å²) in [6, 6.07) is 31.1. The normalized spacial score (nSPS) is 16.7. The summed E-state index contributed by atoms with van der Waals surface area (Å²) in [5.74, 6) is 2.10. The van der Waals surface area contributed by atoms with Crippen molar-refractivity contribution in [1.82, 2.24) is 20.1 Å². The first-order valence-corrected chi connectivity index (χ1v) is 15.1. The molecule has 0 spiro atoms. The Balaban J connectivity index is 0.000000168. The van der Waals surface area contributed by atoms with Crippen LogP contribution >= 0.6 is 47.2 Å². The van der Waals surface area contributed by atoms with Gasteiger partial charge < -0.3 is 5.32 Å². The molecule has 1 aromatic heterocycles. The van der Waals surface area contributed by atoms with E-state index in [4.69, 9.17) is 39.8 Å². The monoisotopic (exact) mass is 649 g/mol. The first kappa shape index (κ1) is 31.2. The number of rotatable bonds is 3. The lowest BCUT2D eigenvalue weighted by atomic mass is 9.77. The summed E-state index contributed by atoms with van der Waals surface area (Å²) in [5.41, 5.74) is 8.07. The van der Waals surface area contributed by atoms with E-state index in [1.165, 1.54) is 16.7 Å². The standard InChI is InChI=1S/C17H17Cl2N.C17H13ClN4.ClH/c1-20-17-9-7-12(13-4-2-3-5-14(13)17)11-6-8-15(18)16(19)10-11;1-11-20-21-16-10-19-17(12-5-3-2-4-6-12)14-9-13(18)7-8-15(14)22(11)16;/h2-6,8,10,12,17,20H,7,9H2,1H3;2-9H,10H2,1H3;1H/t12-,17-;;/m0../s1. The minimum Gasteiger partial charge on any atom is -0.313 e. The maximum absolute atomic E-state index is 6.23. The number of benzene rings is 4. The van der Waals surface area contributed by atoms with Crippen LogP contribution in [0, 0.1) is 6.92 Å². The van der Waals surface area contributed by atoms with E-state index in [0.717, 1.165) is 47.0 Å². The van der Waals surface area contributed by atoms with Crippen LogP contribution in [0.4, 0.5) is 0 Å². The van der Waals surface area contributed by atoms with Crippen LogP contribution in [0.1, 0.15) is 64.3 Å². The lowest BCUT2D eigenvalue weighted by molar-refractivity contribution is 0.471. The Morgan fingerprint density at radius 1 is 0.791 bits per heavy atom. The highest BCUT2D eigenvalue weighted by molar-refractivity contribution is 6.42. The molecular formula is C34H31Cl4N5. The first-order chi connectivity index (χ1) is 20.4. The molecule has 0 unspecified atom stereocenters. The summed E-state index contributed by atoms with van der Waals surface area (Å²) in [4.78, 5) is 4.77. The van der Waals surface area contributed by atoms with E-state index in [0.29, 0.717) is 33.6 Å². The fraction of sp³-hybridized carbons (Fsp3) is 0.206. The Morgan fingerprint density at radius 2 is 1.53 bits per heavy atom. The summed E-state index contributed by atoms with van der Waals surface area (Å²) in [5, 5.41) is 13.8. The van der Waals surface area contributed by atoms with Crippen LogP contribution in [0.2, 0.25) is 15.1 Å². The Kier molecular flexibility index (Phi) is 9.90. The predicted octanol–water partition coefficient (Wildman–Crippen LogP) is 9.18. The largest absolute Gasteiger partial charge is 0.313 e. The van der Waals surface area contributed by atoms with E-state index in [2.05, 4.69) is 58.0 Å². The summed E-state index contributed by atoms with van der Waals surface area (Å²) in [6.45, 7) is 2.44. The first-order valence-electron chi connectivity index (χ1n) is 14.0. The van der Waals surface area contributed by atoms with Crippen molar-refractivity contribution in [1.29, 1.82) is 0 Å². The molecule has 4 aromatic carbocycles. The topological polar surface area (TPSA) is 55.1 Å². The van der Waals surface area contributed by atoms with Crippen molar-refractivity contribution in [3.05, 3.63) is 146 Å². The predicted molar refractivity (Wildman–Crippen MR) is 180 cm³/mol. The van der Waals surface area contributed by atoms with Gasteiger partial charge in [-0.05, 0) is 73.8 Å². The van der Waals surface area contributed by atoms with Crippen molar-refractivity contribution in [3.63, 3.8) is 0 Å². The van der Waals surface area contributed by atoms with Gasteiger partial charge in [-0.25, -0.2) is 0 Å².